The Hall–Kier alpha value is -1.95. The molecule has 0 heterocycles. The number of ether oxygens (including phenoxy) is 2. The molecule has 0 saturated heterocycles. The van der Waals surface area contributed by atoms with Crippen LogP contribution in [-0.2, 0) is 9.59 Å². The van der Waals surface area contributed by atoms with Gasteiger partial charge in [-0.3, -0.25) is 9.59 Å². The fourth-order valence-corrected chi connectivity index (χ4v) is 2.13. The van der Waals surface area contributed by atoms with Gasteiger partial charge >= 0.3 is 5.97 Å². The van der Waals surface area contributed by atoms with E-state index in [2.05, 4.69) is 5.32 Å². The van der Waals surface area contributed by atoms with E-state index in [-0.39, 0.29) is 5.91 Å². The number of benzene rings is 1. The van der Waals surface area contributed by atoms with Crippen molar-refractivity contribution in [2.75, 3.05) is 19.5 Å². The average molecular weight is 300 g/mol. The zero-order valence-electron chi connectivity index (χ0n) is 11.0. The molecular weight excluding hydrogens is 286 g/mol. The van der Waals surface area contributed by atoms with Gasteiger partial charge in [0.2, 0.25) is 5.91 Å². The summed E-state index contributed by atoms with van der Waals surface area (Å²) in [5.74, 6) is -1.54. The van der Waals surface area contributed by atoms with E-state index in [0.717, 1.165) is 0 Å². The summed E-state index contributed by atoms with van der Waals surface area (Å²) in [6.45, 7) is 0. The van der Waals surface area contributed by atoms with E-state index >= 15 is 0 Å². The van der Waals surface area contributed by atoms with Gasteiger partial charge in [0, 0.05) is 12.1 Å². The molecule has 1 aliphatic rings. The lowest BCUT2D eigenvalue weighted by Gasteiger charge is -2.12. The van der Waals surface area contributed by atoms with Crippen molar-refractivity contribution in [1.29, 1.82) is 0 Å². The third-order valence-electron chi connectivity index (χ3n) is 3.18. The molecule has 2 rings (SSSR count). The molecular formula is C13H14ClNO5. The van der Waals surface area contributed by atoms with Gasteiger partial charge in [-0.15, -0.1) is 0 Å². The molecule has 2 unspecified atom stereocenters. The number of hydrogen-bond donors (Lipinski definition) is 2. The van der Waals surface area contributed by atoms with Crippen LogP contribution >= 0.6 is 11.6 Å². The van der Waals surface area contributed by atoms with Gasteiger partial charge in [0.15, 0.2) is 11.5 Å². The highest BCUT2D eigenvalue weighted by Gasteiger charge is 2.48. The molecule has 0 aromatic heterocycles. The fourth-order valence-electron chi connectivity index (χ4n) is 1.93. The van der Waals surface area contributed by atoms with Crippen LogP contribution in [0.15, 0.2) is 12.1 Å². The van der Waals surface area contributed by atoms with Gasteiger partial charge in [-0.2, -0.15) is 0 Å². The lowest BCUT2D eigenvalue weighted by atomic mass is 10.2. The molecule has 6 nitrogen and oxygen atoms in total. The molecule has 0 spiro atoms. The summed E-state index contributed by atoms with van der Waals surface area (Å²) < 4.78 is 10.2. The maximum absolute atomic E-state index is 11.9. The van der Waals surface area contributed by atoms with Crippen molar-refractivity contribution in [1.82, 2.24) is 0 Å². The summed E-state index contributed by atoms with van der Waals surface area (Å²) >= 11 is 6.04. The molecule has 0 bridgehead atoms. The number of rotatable bonds is 5. The van der Waals surface area contributed by atoms with E-state index in [1.54, 1.807) is 0 Å². The lowest BCUT2D eigenvalue weighted by molar-refractivity contribution is -0.139. The maximum Gasteiger partial charge on any atom is 0.307 e. The largest absolute Gasteiger partial charge is 0.493 e. The van der Waals surface area contributed by atoms with Gasteiger partial charge < -0.3 is 19.9 Å². The third-order valence-corrected chi connectivity index (χ3v) is 3.49. The maximum atomic E-state index is 11.9. The molecule has 1 aliphatic carbocycles. The fraction of sp³-hybridized carbons (Fsp3) is 0.385. The highest BCUT2D eigenvalue weighted by atomic mass is 35.5. The van der Waals surface area contributed by atoms with Crippen LogP contribution < -0.4 is 14.8 Å². The minimum Gasteiger partial charge on any atom is -0.493 e. The van der Waals surface area contributed by atoms with E-state index in [0.29, 0.717) is 28.6 Å². The first kappa shape index (κ1) is 14.5. The molecule has 1 saturated carbocycles. The van der Waals surface area contributed by atoms with Gasteiger partial charge in [0.25, 0.3) is 0 Å². The summed E-state index contributed by atoms with van der Waals surface area (Å²) in [5.41, 5.74) is 0.366. The van der Waals surface area contributed by atoms with Gasteiger partial charge in [-0.05, 0) is 6.42 Å². The molecule has 20 heavy (non-hydrogen) atoms. The second-order valence-electron chi connectivity index (χ2n) is 4.46. The van der Waals surface area contributed by atoms with E-state index < -0.39 is 17.8 Å². The molecule has 1 fully saturated rings. The predicted octanol–water partition coefficient (Wildman–Crippen LogP) is 2.02. The van der Waals surface area contributed by atoms with Crippen LogP contribution in [0.3, 0.4) is 0 Å². The highest BCUT2D eigenvalue weighted by molar-refractivity contribution is 6.34. The van der Waals surface area contributed by atoms with E-state index in [1.807, 2.05) is 0 Å². The van der Waals surface area contributed by atoms with Crippen LogP contribution in [0, 0.1) is 11.8 Å². The first-order valence-corrected chi connectivity index (χ1v) is 6.31. The van der Waals surface area contributed by atoms with Crippen LogP contribution in [0.5, 0.6) is 11.5 Å². The quantitative estimate of drug-likeness (QED) is 0.869. The number of methoxy groups -OCH3 is 2. The summed E-state index contributed by atoms with van der Waals surface area (Å²) in [5, 5.41) is 11.7. The van der Waals surface area contributed by atoms with Crippen molar-refractivity contribution in [3.05, 3.63) is 17.2 Å². The molecule has 1 aromatic rings. The summed E-state index contributed by atoms with van der Waals surface area (Å²) in [6.07, 6.45) is 0.353. The Morgan fingerprint density at radius 2 is 1.85 bits per heavy atom. The number of carboxylic acids is 1. The number of carbonyl (C=O) groups is 2. The van der Waals surface area contributed by atoms with E-state index in [9.17, 15) is 9.59 Å². The first-order chi connectivity index (χ1) is 9.47. The molecule has 7 heteroatoms. The van der Waals surface area contributed by atoms with Crippen LogP contribution in [0.1, 0.15) is 6.42 Å². The number of hydrogen-bond acceptors (Lipinski definition) is 4. The van der Waals surface area contributed by atoms with Gasteiger partial charge in [0.1, 0.15) is 0 Å². The van der Waals surface area contributed by atoms with Gasteiger partial charge in [-0.1, -0.05) is 11.6 Å². The number of carboxylic acid groups (broad SMARTS) is 1. The Kier molecular flexibility index (Phi) is 4.04. The van der Waals surface area contributed by atoms with Crippen LogP contribution in [0.2, 0.25) is 5.02 Å². The van der Waals surface area contributed by atoms with Crippen molar-refractivity contribution in [2.45, 2.75) is 6.42 Å². The van der Waals surface area contributed by atoms with Crippen LogP contribution in [0.4, 0.5) is 5.69 Å². The minimum absolute atomic E-state index is 0.295. The van der Waals surface area contributed by atoms with Gasteiger partial charge in [0.05, 0.1) is 36.8 Å². The van der Waals surface area contributed by atoms with Crippen molar-refractivity contribution < 1.29 is 24.2 Å². The van der Waals surface area contributed by atoms with Crippen molar-refractivity contribution >= 4 is 29.2 Å². The SMILES string of the molecule is COc1cc(Cl)c(NC(=O)C2CC2C(=O)O)cc1OC. The molecule has 108 valence electrons. The molecule has 1 aromatic carbocycles. The van der Waals surface area contributed by atoms with Crippen molar-refractivity contribution in [3.8, 4) is 11.5 Å². The Morgan fingerprint density at radius 3 is 2.35 bits per heavy atom. The average Bonchev–Trinajstić information content (AvgIpc) is 3.20. The van der Waals surface area contributed by atoms with Crippen molar-refractivity contribution in [3.63, 3.8) is 0 Å². The minimum atomic E-state index is -0.955. The zero-order chi connectivity index (χ0) is 14.9. The summed E-state index contributed by atoms with van der Waals surface area (Å²) in [6, 6.07) is 3.06. The molecule has 0 aliphatic heterocycles. The molecule has 0 radical (unpaired) electrons. The molecule has 2 N–H and O–H groups in total. The Bertz CT molecular complexity index is 560. The Morgan fingerprint density at radius 1 is 1.25 bits per heavy atom. The second-order valence-corrected chi connectivity index (χ2v) is 4.87. The summed E-state index contributed by atoms with van der Waals surface area (Å²) in [4.78, 5) is 22.6. The number of halogens is 1. The van der Waals surface area contributed by atoms with Crippen molar-refractivity contribution in [2.24, 2.45) is 11.8 Å². The van der Waals surface area contributed by atoms with Crippen LogP contribution in [0.25, 0.3) is 0 Å². The lowest BCUT2D eigenvalue weighted by Crippen LogP contribution is -2.17. The molecule has 1 amide bonds. The Labute approximate surface area is 120 Å². The first-order valence-electron chi connectivity index (χ1n) is 5.93. The second kappa shape index (κ2) is 5.58. The monoisotopic (exact) mass is 299 g/mol. The predicted molar refractivity (Wildman–Crippen MR) is 72.4 cm³/mol. The number of anilines is 1. The molecule has 2 atom stereocenters. The van der Waals surface area contributed by atoms with E-state index in [4.69, 9.17) is 26.2 Å². The number of aliphatic carboxylic acids is 1. The Balaban J connectivity index is 2.14. The normalized spacial score (nSPS) is 20.1. The number of carbonyl (C=O) groups excluding carboxylic acids is 1. The smallest absolute Gasteiger partial charge is 0.307 e. The number of nitrogens with one attached hydrogen (secondary N) is 1. The topological polar surface area (TPSA) is 84.9 Å². The standard InChI is InChI=1S/C13H14ClNO5/c1-19-10-4-8(14)9(5-11(10)20-2)15-12(16)6-3-7(6)13(17)18/h4-7H,3H2,1-2H3,(H,15,16)(H,17,18). The van der Waals surface area contributed by atoms with E-state index in [1.165, 1.54) is 26.4 Å². The van der Waals surface area contributed by atoms with Crippen LogP contribution in [-0.4, -0.2) is 31.2 Å². The number of amides is 1. The highest BCUT2D eigenvalue weighted by Crippen LogP contribution is 2.41. The van der Waals surface area contributed by atoms with Gasteiger partial charge in [-0.25, -0.2) is 0 Å². The summed E-state index contributed by atoms with van der Waals surface area (Å²) in [7, 11) is 2.95. The third kappa shape index (κ3) is 2.80. The zero-order valence-corrected chi connectivity index (χ0v) is 11.7.